The zero-order valence-electron chi connectivity index (χ0n) is 18.3. The predicted molar refractivity (Wildman–Crippen MR) is 122 cm³/mol. The van der Waals surface area contributed by atoms with Crippen LogP contribution in [0.3, 0.4) is 0 Å². The molecule has 33 heavy (non-hydrogen) atoms. The molecule has 2 unspecified atom stereocenters. The molecule has 1 amide bonds. The molecule has 3 aromatic rings. The molecule has 2 aromatic heterocycles. The largest absolute Gasteiger partial charge is 0.474 e. The fraction of sp³-hybridized carbons (Fsp3) is 0.348. The van der Waals surface area contributed by atoms with Crippen molar-refractivity contribution in [1.82, 2.24) is 9.97 Å². The van der Waals surface area contributed by atoms with E-state index in [9.17, 15) is 4.79 Å². The zero-order chi connectivity index (χ0) is 23.1. The maximum absolute atomic E-state index is 15.3. The maximum atomic E-state index is 15.3. The number of aromatic nitrogens is 2. The summed E-state index contributed by atoms with van der Waals surface area (Å²) in [7, 11) is 0. The average Bonchev–Trinajstić information content (AvgIpc) is 3.21. The van der Waals surface area contributed by atoms with Crippen LogP contribution in [0.1, 0.15) is 12.5 Å². The highest BCUT2D eigenvalue weighted by molar-refractivity contribution is 5.99. The van der Waals surface area contributed by atoms with Crippen LogP contribution in [0.2, 0.25) is 0 Å². The zero-order valence-corrected chi connectivity index (χ0v) is 18.3. The fourth-order valence-electron chi connectivity index (χ4n) is 4.12. The Morgan fingerprint density at radius 2 is 2.12 bits per heavy atom. The number of ether oxygens (including phenoxy) is 3. The van der Waals surface area contributed by atoms with Gasteiger partial charge in [-0.15, -0.1) is 0 Å². The Labute approximate surface area is 189 Å². The second-order valence-corrected chi connectivity index (χ2v) is 8.28. The molecule has 4 N–H and O–H groups in total. The van der Waals surface area contributed by atoms with Crippen molar-refractivity contribution in [2.75, 3.05) is 42.7 Å². The van der Waals surface area contributed by atoms with Crippen molar-refractivity contribution < 1.29 is 23.4 Å². The van der Waals surface area contributed by atoms with E-state index in [1.54, 1.807) is 18.3 Å². The van der Waals surface area contributed by atoms with Gasteiger partial charge in [-0.05, 0) is 30.0 Å². The second kappa shape index (κ2) is 8.36. The first kappa shape index (κ1) is 21.2. The number of nitrogen functional groups attached to an aromatic ring is 1. The van der Waals surface area contributed by atoms with Gasteiger partial charge >= 0.3 is 6.09 Å². The van der Waals surface area contributed by atoms with Crippen LogP contribution in [0, 0.1) is 18.7 Å². The molecule has 172 valence electrons. The first-order chi connectivity index (χ1) is 15.9. The quantitative estimate of drug-likeness (QED) is 0.513. The van der Waals surface area contributed by atoms with Gasteiger partial charge in [-0.1, -0.05) is 6.92 Å². The molecule has 0 bridgehead atoms. The van der Waals surface area contributed by atoms with E-state index in [-0.39, 0.29) is 23.5 Å². The number of halogens is 1. The smallest absolute Gasteiger partial charge is 0.413 e. The normalized spacial score (nSPS) is 19.5. The van der Waals surface area contributed by atoms with Crippen molar-refractivity contribution in [2.45, 2.75) is 20.0 Å². The molecule has 1 fully saturated rings. The molecule has 4 heterocycles. The minimum Gasteiger partial charge on any atom is -0.474 e. The molecule has 2 atom stereocenters. The lowest BCUT2D eigenvalue weighted by Gasteiger charge is -2.22. The Balaban J connectivity index is 1.48. The minimum absolute atomic E-state index is 0.0256. The van der Waals surface area contributed by atoms with Gasteiger partial charge in [0.25, 0.3) is 0 Å². The summed E-state index contributed by atoms with van der Waals surface area (Å²) in [6, 6.07) is 3.30. The number of benzene rings is 1. The molecular formula is C23H24FN5O4. The number of amides is 1. The van der Waals surface area contributed by atoms with Gasteiger partial charge < -0.3 is 25.3 Å². The monoisotopic (exact) mass is 453 g/mol. The molecule has 0 radical (unpaired) electrons. The number of nitrogens with zero attached hydrogens (tertiary/aromatic N) is 2. The van der Waals surface area contributed by atoms with Gasteiger partial charge in [0, 0.05) is 41.4 Å². The van der Waals surface area contributed by atoms with E-state index in [4.69, 9.17) is 19.9 Å². The van der Waals surface area contributed by atoms with Crippen LogP contribution >= 0.6 is 0 Å². The summed E-state index contributed by atoms with van der Waals surface area (Å²) in [5, 5.41) is 6.94. The van der Waals surface area contributed by atoms with E-state index >= 15 is 4.39 Å². The van der Waals surface area contributed by atoms with Crippen molar-refractivity contribution in [3.63, 3.8) is 0 Å². The Bertz CT molecular complexity index is 1250. The molecule has 0 aliphatic carbocycles. The summed E-state index contributed by atoms with van der Waals surface area (Å²) in [6.45, 7) is 5.92. The number of hydrogen-bond acceptors (Lipinski definition) is 8. The van der Waals surface area contributed by atoms with Gasteiger partial charge in [-0.3, -0.25) is 5.32 Å². The van der Waals surface area contributed by atoms with E-state index < -0.39 is 11.9 Å². The highest BCUT2D eigenvalue weighted by Gasteiger charge is 2.28. The van der Waals surface area contributed by atoms with Crippen LogP contribution in [-0.2, 0) is 9.47 Å². The van der Waals surface area contributed by atoms with Crippen molar-refractivity contribution >= 4 is 34.1 Å². The van der Waals surface area contributed by atoms with E-state index in [2.05, 4.69) is 20.6 Å². The van der Waals surface area contributed by atoms with Gasteiger partial charge in [-0.2, -0.15) is 0 Å². The molecule has 0 saturated carbocycles. The molecule has 9 nitrogen and oxygen atoms in total. The van der Waals surface area contributed by atoms with Crippen LogP contribution in [0.5, 0.6) is 5.88 Å². The lowest BCUT2D eigenvalue weighted by atomic mass is 9.97. The third-order valence-electron chi connectivity index (χ3n) is 6.02. The Kier molecular flexibility index (Phi) is 5.37. The summed E-state index contributed by atoms with van der Waals surface area (Å²) in [5.74, 6) is 0.333. The first-order valence-electron chi connectivity index (χ1n) is 10.7. The van der Waals surface area contributed by atoms with Crippen molar-refractivity contribution in [3.05, 3.63) is 35.9 Å². The topological polar surface area (TPSA) is 121 Å². The van der Waals surface area contributed by atoms with Gasteiger partial charge in [0.2, 0.25) is 5.88 Å². The number of hydrogen-bond donors (Lipinski definition) is 3. The first-order valence-corrected chi connectivity index (χ1v) is 10.7. The summed E-state index contributed by atoms with van der Waals surface area (Å²) < 4.78 is 31.6. The number of carbonyl (C=O) groups excluding carboxylic acids is 1. The molecule has 1 aromatic carbocycles. The van der Waals surface area contributed by atoms with E-state index in [0.29, 0.717) is 54.1 Å². The SMILES string of the molecule is Cc1c(-c2cc3cc(NC(=O)OC4COCC4C)ncc3c(N)c2F)cnc2c1NCCO2. The average molecular weight is 453 g/mol. The number of rotatable bonds is 3. The van der Waals surface area contributed by atoms with Gasteiger partial charge in [-0.25, -0.2) is 19.2 Å². The molecular weight excluding hydrogens is 429 g/mol. The van der Waals surface area contributed by atoms with Crippen LogP contribution < -0.4 is 21.1 Å². The Morgan fingerprint density at radius 3 is 2.91 bits per heavy atom. The van der Waals surface area contributed by atoms with Crippen LogP contribution in [-0.4, -0.2) is 48.5 Å². The van der Waals surface area contributed by atoms with Crippen molar-refractivity contribution in [2.24, 2.45) is 5.92 Å². The maximum Gasteiger partial charge on any atom is 0.413 e. The van der Waals surface area contributed by atoms with Crippen molar-refractivity contribution in [3.8, 4) is 17.0 Å². The highest BCUT2D eigenvalue weighted by atomic mass is 19.1. The van der Waals surface area contributed by atoms with E-state index in [1.165, 1.54) is 6.20 Å². The van der Waals surface area contributed by atoms with Gasteiger partial charge in [0.1, 0.15) is 24.2 Å². The Morgan fingerprint density at radius 1 is 1.27 bits per heavy atom. The lowest BCUT2D eigenvalue weighted by molar-refractivity contribution is 0.0843. The third-order valence-corrected chi connectivity index (χ3v) is 6.02. The van der Waals surface area contributed by atoms with E-state index in [1.807, 2.05) is 13.8 Å². The third kappa shape index (κ3) is 3.86. The molecule has 0 spiro atoms. The van der Waals surface area contributed by atoms with E-state index in [0.717, 1.165) is 11.3 Å². The molecule has 5 rings (SSSR count). The Hall–Kier alpha value is -3.66. The number of nitrogens with two attached hydrogens (primary N) is 1. The fourth-order valence-corrected chi connectivity index (χ4v) is 4.12. The standard InChI is InChI=1S/C23H24FN5O4/c1-11-9-31-10-17(11)33-23(30)29-18-6-13-5-14(19(24)20(25)16(13)8-27-18)15-7-28-22-21(12(15)2)26-3-4-32-22/h5-8,11,17,26H,3-4,9-10,25H2,1-2H3,(H,27,29,30). The number of carbonyl (C=O) groups is 1. The predicted octanol–water partition coefficient (Wildman–Crippen LogP) is 3.71. The molecule has 2 aliphatic rings. The van der Waals surface area contributed by atoms with Crippen molar-refractivity contribution in [1.29, 1.82) is 0 Å². The molecule has 2 aliphatic heterocycles. The summed E-state index contributed by atoms with van der Waals surface area (Å²) in [4.78, 5) is 20.8. The van der Waals surface area contributed by atoms with Gasteiger partial charge in [0.15, 0.2) is 5.82 Å². The van der Waals surface area contributed by atoms with Crippen LogP contribution in [0.15, 0.2) is 24.5 Å². The molecule has 1 saturated heterocycles. The number of anilines is 3. The summed E-state index contributed by atoms with van der Waals surface area (Å²) in [5.41, 5.74) is 8.54. The van der Waals surface area contributed by atoms with Crippen LogP contribution in [0.4, 0.5) is 26.4 Å². The van der Waals surface area contributed by atoms with Crippen LogP contribution in [0.25, 0.3) is 21.9 Å². The minimum atomic E-state index is -0.625. The number of pyridine rings is 2. The summed E-state index contributed by atoms with van der Waals surface area (Å²) >= 11 is 0. The highest BCUT2D eigenvalue weighted by Crippen LogP contribution is 2.39. The number of fused-ring (bicyclic) bond motifs is 2. The lowest BCUT2D eigenvalue weighted by Crippen LogP contribution is -2.27. The number of nitrogens with one attached hydrogen (secondary N) is 2. The summed E-state index contributed by atoms with van der Waals surface area (Å²) in [6.07, 6.45) is 2.08. The molecule has 10 heteroatoms. The van der Waals surface area contributed by atoms with Gasteiger partial charge in [0.05, 0.1) is 18.9 Å². The second-order valence-electron chi connectivity index (χ2n) is 8.28.